The van der Waals surface area contributed by atoms with Gasteiger partial charge in [-0.2, -0.15) is 0 Å². The lowest BCUT2D eigenvalue weighted by Crippen LogP contribution is -2.58. The van der Waals surface area contributed by atoms with Gasteiger partial charge >= 0.3 is 0 Å². The van der Waals surface area contributed by atoms with E-state index >= 15 is 0 Å². The molecule has 2 aliphatic rings. The molecular weight excluding hydrogens is 312 g/mol. The molecule has 0 atom stereocenters. The molecule has 0 unspecified atom stereocenters. The highest BCUT2D eigenvalue weighted by molar-refractivity contribution is 5.79. The van der Waals surface area contributed by atoms with Gasteiger partial charge in [-0.15, -0.1) is 0 Å². The molecule has 1 saturated heterocycles. The van der Waals surface area contributed by atoms with E-state index in [-0.39, 0.29) is 0 Å². The van der Waals surface area contributed by atoms with Crippen molar-refractivity contribution in [1.82, 2.24) is 24.5 Å². The van der Waals surface area contributed by atoms with Gasteiger partial charge in [-0.1, -0.05) is 26.0 Å². The molecule has 0 radical (unpaired) electrons. The highest BCUT2D eigenvalue weighted by atomic mass is 15.7. The van der Waals surface area contributed by atoms with Crippen LogP contribution in [0.4, 0.5) is 5.95 Å². The topological polar surface area (TPSA) is 30.8 Å². The van der Waals surface area contributed by atoms with Gasteiger partial charge in [-0.25, -0.2) is 15.0 Å². The molecule has 1 fully saturated rings. The number of anilines is 1. The second-order valence-corrected chi connectivity index (χ2v) is 7.82. The Balaban J connectivity index is 1.63. The number of para-hydroxylation sites is 2. The minimum Gasteiger partial charge on any atom is -0.328 e. The van der Waals surface area contributed by atoms with Gasteiger partial charge in [0.05, 0.1) is 24.4 Å². The van der Waals surface area contributed by atoms with Crippen LogP contribution in [-0.2, 0) is 6.67 Å². The summed E-state index contributed by atoms with van der Waals surface area (Å²) in [4.78, 5) is 9.81. The molecule has 3 heterocycles. The first-order chi connectivity index (χ1) is 12.1. The fraction of sp³-hybridized carbons (Fsp3) is 0.632. The van der Waals surface area contributed by atoms with Crippen molar-refractivity contribution in [3.05, 3.63) is 24.3 Å². The summed E-state index contributed by atoms with van der Waals surface area (Å²) in [5, 5.41) is 5.04. The predicted molar refractivity (Wildman–Crippen MR) is 102 cm³/mol. The number of benzene rings is 1. The molecule has 4 rings (SSSR count). The van der Waals surface area contributed by atoms with Crippen LogP contribution in [0.2, 0.25) is 0 Å². The van der Waals surface area contributed by atoms with Crippen LogP contribution in [0.15, 0.2) is 24.3 Å². The Kier molecular flexibility index (Phi) is 4.67. The number of hydrogen-bond acceptors (Lipinski definition) is 5. The zero-order valence-corrected chi connectivity index (χ0v) is 15.7. The Morgan fingerprint density at radius 1 is 1.00 bits per heavy atom. The summed E-state index contributed by atoms with van der Waals surface area (Å²) in [6.45, 7) is 12.0. The van der Waals surface area contributed by atoms with Gasteiger partial charge in [-0.3, -0.25) is 4.57 Å². The normalized spacial score (nSPS) is 20.6. The molecule has 0 saturated carbocycles. The lowest BCUT2D eigenvalue weighted by Gasteiger charge is -2.45. The summed E-state index contributed by atoms with van der Waals surface area (Å²) in [7, 11) is 2.21. The lowest BCUT2D eigenvalue weighted by atomic mass is 10.1. The summed E-state index contributed by atoms with van der Waals surface area (Å²) in [6.07, 6.45) is 1.19. The third-order valence-corrected chi connectivity index (χ3v) is 5.41. The number of hydrogen-bond donors (Lipinski definition) is 0. The van der Waals surface area contributed by atoms with Crippen molar-refractivity contribution < 1.29 is 0 Å². The lowest BCUT2D eigenvalue weighted by molar-refractivity contribution is -0.0802. The van der Waals surface area contributed by atoms with Crippen molar-refractivity contribution in [3.63, 3.8) is 0 Å². The van der Waals surface area contributed by atoms with Crippen LogP contribution in [0.1, 0.15) is 20.3 Å². The summed E-state index contributed by atoms with van der Waals surface area (Å²) in [6, 6.07) is 8.52. The molecule has 25 heavy (non-hydrogen) atoms. The van der Waals surface area contributed by atoms with Gasteiger partial charge in [-0.05, 0) is 31.5 Å². The van der Waals surface area contributed by atoms with Crippen molar-refractivity contribution >= 4 is 17.0 Å². The highest BCUT2D eigenvalue weighted by Gasteiger charge is 2.30. The Labute approximate surface area is 150 Å². The fourth-order valence-electron chi connectivity index (χ4n) is 3.75. The average Bonchev–Trinajstić information content (AvgIpc) is 2.99. The van der Waals surface area contributed by atoms with Crippen LogP contribution in [0.5, 0.6) is 0 Å². The van der Waals surface area contributed by atoms with Crippen LogP contribution >= 0.6 is 0 Å². The van der Waals surface area contributed by atoms with Gasteiger partial charge in [0.2, 0.25) is 5.95 Å². The maximum Gasteiger partial charge on any atom is 0.208 e. The molecule has 0 amide bonds. The van der Waals surface area contributed by atoms with Crippen molar-refractivity contribution in [2.24, 2.45) is 5.92 Å². The van der Waals surface area contributed by atoms with Gasteiger partial charge in [0.25, 0.3) is 0 Å². The summed E-state index contributed by atoms with van der Waals surface area (Å²) >= 11 is 0. The summed E-state index contributed by atoms with van der Waals surface area (Å²) in [5.41, 5.74) is 2.35. The zero-order chi connectivity index (χ0) is 17.4. The minimum absolute atomic E-state index is 0.705. The predicted octanol–water partition coefficient (Wildman–Crippen LogP) is 2.28. The molecule has 1 aromatic heterocycles. The third kappa shape index (κ3) is 3.38. The summed E-state index contributed by atoms with van der Waals surface area (Å²) in [5.74, 6) is 1.84. The molecule has 2 aromatic rings. The molecule has 0 aliphatic carbocycles. The Morgan fingerprint density at radius 3 is 2.52 bits per heavy atom. The van der Waals surface area contributed by atoms with E-state index in [1.165, 1.54) is 11.9 Å². The minimum atomic E-state index is 0.705. The fourth-order valence-corrected chi connectivity index (χ4v) is 3.75. The molecule has 6 nitrogen and oxygen atoms in total. The van der Waals surface area contributed by atoms with E-state index in [1.54, 1.807) is 0 Å². The number of likely N-dealkylation sites (N-methyl/N-ethyl adjacent to an activating group) is 1. The number of imidazole rings is 1. The maximum absolute atomic E-state index is 4.94. The van der Waals surface area contributed by atoms with Crippen molar-refractivity contribution in [2.75, 3.05) is 51.3 Å². The molecule has 2 aliphatic heterocycles. The first kappa shape index (κ1) is 16.8. The Hall–Kier alpha value is -1.63. The van der Waals surface area contributed by atoms with Crippen LogP contribution in [0.25, 0.3) is 11.0 Å². The third-order valence-electron chi connectivity index (χ3n) is 5.41. The van der Waals surface area contributed by atoms with Gasteiger partial charge in [0, 0.05) is 32.7 Å². The molecule has 136 valence electrons. The molecule has 6 heteroatoms. The van der Waals surface area contributed by atoms with E-state index in [1.807, 2.05) is 0 Å². The maximum atomic E-state index is 4.94. The zero-order valence-electron chi connectivity index (χ0n) is 15.7. The average molecular weight is 342 g/mol. The Bertz CT molecular complexity index is 716. The first-order valence-electron chi connectivity index (χ1n) is 9.50. The van der Waals surface area contributed by atoms with Crippen LogP contribution in [-0.4, -0.2) is 70.9 Å². The van der Waals surface area contributed by atoms with E-state index in [9.17, 15) is 0 Å². The van der Waals surface area contributed by atoms with Crippen molar-refractivity contribution in [3.8, 4) is 0 Å². The van der Waals surface area contributed by atoms with Crippen molar-refractivity contribution in [1.29, 1.82) is 0 Å². The number of rotatable bonds is 4. The number of piperazine rings is 1. The van der Waals surface area contributed by atoms with Crippen molar-refractivity contribution in [2.45, 2.75) is 26.9 Å². The monoisotopic (exact) mass is 342 g/mol. The van der Waals surface area contributed by atoms with E-state index < -0.39 is 0 Å². The van der Waals surface area contributed by atoms with Gasteiger partial charge in [0.1, 0.15) is 0 Å². The summed E-state index contributed by atoms with van der Waals surface area (Å²) < 4.78 is 2.39. The standard InChI is InChI=1S/C19H30N6/c1-16(2)8-9-22-14-24(23-12-10-21(3)11-13-23)15-25-18-7-5-4-6-17(18)20-19(22)25/h4-7,16H,8-15H2,1-3H3. The van der Waals surface area contributed by atoms with E-state index in [4.69, 9.17) is 4.98 Å². The number of nitrogens with zero attached hydrogens (tertiary/aromatic N) is 6. The van der Waals surface area contributed by atoms with E-state index in [2.05, 4.69) is 69.5 Å². The Morgan fingerprint density at radius 2 is 1.76 bits per heavy atom. The van der Waals surface area contributed by atoms with Crippen LogP contribution in [0.3, 0.4) is 0 Å². The number of hydrazine groups is 1. The molecule has 0 spiro atoms. The second-order valence-electron chi connectivity index (χ2n) is 7.82. The molecule has 1 aromatic carbocycles. The van der Waals surface area contributed by atoms with E-state index in [0.29, 0.717) is 5.92 Å². The van der Waals surface area contributed by atoms with Gasteiger partial charge < -0.3 is 9.80 Å². The molecule has 0 N–H and O–H groups in total. The molecule has 0 bridgehead atoms. The smallest absolute Gasteiger partial charge is 0.208 e. The second kappa shape index (κ2) is 6.94. The molecular formula is C19H30N6. The number of fused-ring (bicyclic) bond motifs is 3. The number of aromatic nitrogens is 2. The SMILES string of the molecule is CC(C)CCN1CN(N2CCN(C)CC2)Cn2c1nc1ccccc12. The van der Waals surface area contributed by atoms with Gasteiger partial charge in [0.15, 0.2) is 0 Å². The van der Waals surface area contributed by atoms with Crippen LogP contribution in [0, 0.1) is 5.92 Å². The quantitative estimate of drug-likeness (QED) is 0.851. The van der Waals surface area contributed by atoms with E-state index in [0.717, 1.165) is 57.5 Å². The van der Waals surface area contributed by atoms with Crippen LogP contribution < -0.4 is 4.90 Å². The largest absolute Gasteiger partial charge is 0.328 e. The first-order valence-corrected chi connectivity index (χ1v) is 9.50. The highest BCUT2D eigenvalue weighted by Crippen LogP contribution is 2.28.